The van der Waals surface area contributed by atoms with Gasteiger partial charge in [-0.15, -0.1) is 0 Å². The second-order valence-corrected chi connectivity index (χ2v) is 30.3. The SMILES string of the molecule is CCC(C)CCCCCCCCCCCCCCCCC(=O)O[C@H](COC(=O)CCCCCCCCCCC(C)CC)COP(=O)(O)OC[C@@H](O)COP(=O)(O)OC[C@@H](COC(=O)CCCCCCCCC(C)C)OC(=O)CCCCCCCCCCCC(C)C. The molecule has 0 fully saturated rings. The fourth-order valence-corrected chi connectivity index (χ4v) is 12.4. The first kappa shape index (κ1) is 89.1. The van der Waals surface area contributed by atoms with Gasteiger partial charge in [0.15, 0.2) is 12.2 Å². The Balaban J connectivity index is 5.24. The molecule has 19 heteroatoms. The van der Waals surface area contributed by atoms with E-state index in [2.05, 4.69) is 55.4 Å². The number of rotatable bonds is 69. The fraction of sp³-hybridized carbons (Fsp3) is 0.944. The molecule has 0 aliphatic heterocycles. The van der Waals surface area contributed by atoms with Gasteiger partial charge in [0.25, 0.3) is 0 Å². The first-order valence-corrected chi connectivity index (χ1v) is 40.3. The van der Waals surface area contributed by atoms with Crippen molar-refractivity contribution in [3.63, 3.8) is 0 Å². The minimum Gasteiger partial charge on any atom is -0.462 e. The number of aliphatic hydroxyl groups is 1. The Bertz CT molecular complexity index is 1800. The molecule has 0 spiro atoms. The quantitative estimate of drug-likeness (QED) is 0.0222. The lowest BCUT2D eigenvalue weighted by molar-refractivity contribution is -0.161. The van der Waals surface area contributed by atoms with Gasteiger partial charge in [0, 0.05) is 25.7 Å². The second-order valence-electron chi connectivity index (χ2n) is 27.4. The Morgan fingerprint density at radius 2 is 0.527 bits per heavy atom. The predicted octanol–water partition coefficient (Wildman–Crippen LogP) is 20.5. The molecule has 0 saturated carbocycles. The molecule has 0 aromatic rings. The number of phosphoric acid groups is 2. The standard InChI is InChI=1S/C72H140O17P2/c1-9-64(7)50-42-34-25-19-15-13-11-12-14-16-20-28-38-46-54-71(76)88-67(58-82-69(74)52-44-36-27-23-22-26-35-43-51-65(8)10-2)60-86-90(78,79)84-56-66(73)57-85-91(80,81)87-61-68(59-83-70(75)53-45-37-31-30-33-41-49-63(5)6)89-72(77)55-47-39-29-21-17-18-24-32-40-48-62(3)4/h62-68,73H,9-61H2,1-8H3,(H,78,79)(H,80,81)/t64?,65?,66-,67-,68-/m1/s1. The minimum atomic E-state index is -4.95. The highest BCUT2D eigenvalue weighted by molar-refractivity contribution is 7.47. The van der Waals surface area contributed by atoms with E-state index in [4.69, 9.17) is 37.0 Å². The van der Waals surface area contributed by atoms with Crippen molar-refractivity contribution < 1.29 is 80.2 Å². The lowest BCUT2D eigenvalue weighted by atomic mass is 9.99. The summed E-state index contributed by atoms with van der Waals surface area (Å²) in [5.41, 5.74) is 0. The van der Waals surface area contributed by atoms with E-state index < -0.39 is 97.5 Å². The third-order valence-corrected chi connectivity index (χ3v) is 19.2. The van der Waals surface area contributed by atoms with Crippen LogP contribution in [0.4, 0.5) is 0 Å². The maximum Gasteiger partial charge on any atom is 0.472 e. The molecule has 540 valence electrons. The van der Waals surface area contributed by atoms with Gasteiger partial charge in [-0.05, 0) is 49.4 Å². The number of aliphatic hydroxyl groups excluding tert-OH is 1. The van der Waals surface area contributed by atoms with Crippen LogP contribution in [0.15, 0.2) is 0 Å². The smallest absolute Gasteiger partial charge is 0.462 e. The number of carbonyl (C=O) groups excluding carboxylic acids is 4. The summed E-state index contributed by atoms with van der Waals surface area (Å²) in [5.74, 6) is 0.910. The average molecular weight is 1340 g/mol. The summed E-state index contributed by atoms with van der Waals surface area (Å²) in [6.07, 6.45) is 44.5. The Hall–Kier alpha value is -1.94. The van der Waals surface area contributed by atoms with E-state index >= 15 is 0 Å². The molecule has 0 bridgehead atoms. The number of hydrogen-bond donors (Lipinski definition) is 3. The van der Waals surface area contributed by atoms with Crippen LogP contribution < -0.4 is 0 Å². The molecule has 4 unspecified atom stereocenters. The van der Waals surface area contributed by atoms with Crippen molar-refractivity contribution in [3.05, 3.63) is 0 Å². The van der Waals surface area contributed by atoms with Gasteiger partial charge in [0.05, 0.1) is 26.4 Å². The average Bonchev–Trinajstić information content (AvgIpc) is 3.72. The van der Waals surface area contributed by atoms with E-state index in [1.807, 2.05) is 0 Å². The van der Waals surface area contributed by atoms with Crippen molar-refractivity contribution in [1.82, 2.24) is 0 Å². The predicted molar refractivity (Wildman–Crippen MR) is 367 cm³/mol. The zero-order valence-electron chi connectivity index (χ0n) is 59.5. The summed E-state index contributed by atoms with van der Waals surface area (Å²) in [7, 11) is -9.91. The highest BCUT2D eigenvalue weighted by Gasteiger charge is 2.30. The lowest BCUT2D eigenvalue weighted by Gasteiger charge is -2.21. The topological polar surface area (TPSA) is 237 Å². The molecule has 3 N–H and O–H groups in total. The van der Waals surface area contributed by atoms with E-state index in [9.17, 15) is 43.2 Å². The van der Waals surface area contributed by atoms with E-state index in [0.29, 0.717) is 31.6 Å². The summed E-state index contributed by atoms with van der Waals surface area (Å²) >= 11 is 0. The maximum absolute atomic E-state index is 13.0. The number of ether oxygens (including phenoxy) is 4. The highest BCUT2D eigenvalue weighted by atomic mass is 31.2. The van der Waals surface area contributed by atoms with Crippen LogP contribution in [0, 0.1) is 23.7 Å². The van der Waals surface area contributed by atoms with Gasteiger partial charge in [0.2, 0.25) is 0 Å². The number of phosphoric ester groups is 2. The Labute approximate surface area is 556 Å². The lowest BCUT2D eigenvalue weighted by Crippen LogP contribution is -2.30. The van der Waals surface area contributed by atoms with Crippen LogP contribution in [-0.4, -0.2) is 96.7 Å². The van der Waals surface area contributed by atoms with Gasteiger partial charge >= 0.3 is 39.5 Å². The van der Waals surface area contributed by atoms with Crippen LogP contribution >= 0.6 is 15.6 Å². The van der Waals surface area contributed by atoms with Crippen LogP contribution in [0.1, 0.15) is 357 Å². The third kappa shape index (κ3) is 63.9. The number of carbonyl (C=O) groups is 4. The molecule has 0 aromatic heterocycles. The molecule has 0 heterocycles. The summed E-state index contributed by atoms with van der Waals surface area (Å²) in [6, 6.07) is 0. The van der Waals surface area contributed by atoms with Crippen molar-refractivity contribution in [2.24, 2.45) is 23.7 Å². The Kier molecular flexibility index (Phi) is 60.3. The zero-order valence-corrected chi connectivity index (χ0v) is 61.3. The van der Waals surface area contributed by atoms with Crippen molar-refractivity contribution in [3.8, 4) is 0 Å². The van der Waals surface area contributed by atoms with Gasteiger partial charge in [-0.3, -0.25) is 37.3 Å². The van der Waals surface area contributed by atoms with Crippen LogP contribution in [0.5, 0.6) is 0 Å². The third-order valence-electron chi connectivity index (χ3n) is 17.3. The number of unbranched alkanes of at least 4 members (excludes halogenated alkanes) is 33. The first-order chi connectivity index (χ1) is 43.7. The van der Waals surface area contributed by atoms with Crippen LogP contribution in [0.2, 0.25) is 0 Å². The largest absolute Gasteiger partial charge is 0.472 e. The molecular formula is C72H140O17P2. The van der Waals surface area contributed by atoms with Crippen LogP contribution in [0.3, 0.4) is 0 Å². The van der Waals surface area contributed by atoms with Crippen molar-refractivity contribution >= 4 is 39.5 Å². The summed E-state index contributed by atoms with van der Waals surface area (Å²) < 4.78 is 68.3. The summed E-state index contributed by atoms with van der Waals surface area (Å²) in [6.45, 7) is 14.1. The van der Waals surface area contributed by atoms with E-state index in [1.165, 1.54) is 154 Å². The van der Waals surface area contributed by atoms with Crippen molar-refractivity contribution in [2.45, 2.75) is 375 Å². The van der Waals surface area contributed by atoms with Gasteiger partial charge in [0.1, 0.15) is 19.3 Å². The van der Waals surface area contributed by atoms with Gasteiger partial charge in [-0.25, -0.2) is 9.13 Å². The molecule has 0 aliphatic carbocycles. The molecule has 0 aromatic carbocycles. The first-order valence-electron chi connectivity index (χ1n) is 37.3. The molecule has 0 aliphatic rings. The van der Waals surface area contributed by atoms with Gasteiger partial charge in [-0.2, -0.15) is 0 Å². The van der Waals surface area contributed by atoms with E-state index in [1.54, 1.807) is 0 Å². The molecule has 91 heavy (non-hydrogen) atoms. The second kappa shape index (κ2) is 61.6. The Morgan fingerprint density at radius 1 is 0.308 bits per heavy atom. The van der Waals surface area contributed by atoms with Crippen molar-refractivity contribution in [2.75, 3.05) is 39.6 Å². The summed E-state index contributed by atoms with van der Waals surface area (Å²) in [5, 5.41) is 10.6. The molecule has 17 nitrogen and oxygen atoms in total. The van der Waals surface area contributed by atoms with E-state index in [0.717, 1.165) is 114 Å². The molecule has 0 radical (unpaired) electrons. The summed E-state index contributed by atoms with van der Waals surface area (Å²) in [4.78, 5) is 72.6. The Morgan fingerprint density at radius 3 is 0.780 bits per heavy atom. The number of hydrogen-bond acceptors (Lipinski definition) is 15. The van der Waals surface area contributed by atoms with Gasteiger partial charge in [-0.1, -0.05) is 306 Å². The molecule has 0 amide bonds. The van der Waals surface area contributed by atoms with Crippen molar-refractivity contribution in [1.29, 1.82) is 0 Å². The monoisotopic (exact) mass is 1340 g/mol. The normalized spacial score (nSPS) is 14.8. The van der Waals surface area contributed by atoms with Crippen LogP contribution in [0.25, 0.3) is 0 Å². The van der Waals surface area contributed by atoms with E-state index in [-0.39, 0.29) is 25.7 Å². The molecular weight excluding hydrogens is 1200 g/mol. The zero-order chi connectivity index (χ0) is 67.5. The molecule has 0 saturated heterocycles. The molecule has 7 atom stereocenters. The maximum atomic E-state index is 13.0. The van der Waals surface area contributed by atoms with Gasteiger partial charge < -0.3 is 33.8 Å². The minimum absolute atomic E-state index is 0.104. The molecule has 0 rings (SSSR count). The van der Waals surface area contributed by atoms with Crippen LogP contribution in [-0.2, 0) is 65.4 Å². The fourth-order valence-electron chi connectivity index (χ4n) is 10.8. The highest BCUT2D eigenvalue weighted by Crippen LogP contribution is 2.45. The number of esters is 4.